The van der Waals surface area contributed by atoms with Gasteiger partial charge in [0.25, 0.3) is 5.91 Å². The van der Waals surface area contributed by atoms with Crippen LogP contribution in [0.5, 0.6) is 0 Å². The second-order valence-electron chi connectivity index (χ2n) is 7.70. The molecule has 4 amide bonds. The van der Waals surface area contributed by atoms with Crippen molar-refractivity contribution in [2.75, 3.05) is 19.6 Å². The Labute approximate surface area is 171 Å². The van der Waals surface area contributed by atoms with E-state index in [1.54, 1.807) is 0 Å². The van der Waals surface area contributed by atoms with Gasteiger partial charge in [0, 0.05) is 32.1 Å². The minimum Gasteiger partial charge on any atom is -0.475 e. The smallest absolute Gasteiger partial charge is 0.475 e. The van der Waals surface area contributed by atoms with Crippen molar-refractivity contribution in [3.63, 3.8) is 0 Å². The summed E-state index contributed by atoms with van der Waals surface area (Å²) in [7, 11) is 0. The predicted molar refractivity (Wildman–Crippen MR) is 98.2 cm³/mol. The molecule has 1 spiro atoms. The van der Waals surface area contributed by atoms with Gasteiger partial charge in [-0.2, -0.15) is 13.2 Å². The number of rotatable bonds is 4. The van der Waals surface area contributed by atoms with E-state index in [1.165, 1.54) is 4.90 Å². The molecule has 4 N–H and O–H groups in total. The summed E-state index contributed by atoms with van der Waals surface area (Å²) in [4.78, 5) is 49.1. The highest BCUT2D eigenvalue weighted by Gasteiger charge is 2.52. The number of urea groups is 1. The molecule has 2 aliphatic heterocycles. The Kier molecular flexibility index (Phi) is 7.67. The molecule has 3 aliphatic rings. The van der Waals surface area contributed by atoms with Gasteiger partial charge >= 0.3 is 18.2 Å². The quantitative estimate of drug-likeness (QED) is 0.568. The second kappa shape index (κ2) is 9.63. The maximum Gasteiger partial charge on any atom is 0.490 e. The van der Waals surface area contributed by atoms with Gasteiger partial charge in [-0.25, -0.2) is 9.59 Å². The van der Waals surface area contributed by atoms with Gasteiger partial charge in [0.1, 0.15) is 5.54 Å². The van der Waals surface area contributed by atoms with Gasteiger partial charge in [-0.05, 0) is 32.1 Å². The molecule has 0 aromatic carbocycles. The van der Waals surface area contributed by atoms with Gasteiger partial charge in [0.2, 0.25) is 5.91 Å². The van der Waals surface area contributed by atoms with Crippen LogP contribution in [0, 0.1) is 0 Å². The van der Waals surface area contributed by atoms with Crippen LogP contribution in [0.4, 0.5) is 18.0 Å². The van der Waals surface area contributed by atoms with Gasteiger partial charge < -0.3 is 21.1 Å². The monoisotopic (exact) mass is 436 g/mol. The molecular formula is C18H27F3N4O5. The van der Waals surface area contributed by atoms with E-state index in [1.807, 2.05) is 4.90 Å². The first-order chi connectivity index (χ1) is 14.0. The molecule has 170 valence electrons. The number of carboxylic acids is 1. The fourth-order valence-electron chi connectivity index (χ4n) is 4.12. The number of amides is 4. The molecule has 1 saturated carbocycles. The molecule has 0 bridgehead atoms. The van der Waals surface area contributed by atoms with Crippen LogP contribution in [-0.2, 0) is 14.4 Å². The Morgan fingerprint density at radius 1 is 1.17 bits per heavy atom. The summed E-state index contributed by atoms with van der Waals surface area (Å²) < 4.78 is 31.7. The largest absolute Gasteiger partial charge is 0.490 e. The number of aliphatic carboxylic acids is 1. The predicted octanol–water partition coefficient (Wildman–Crippen LogP) is 1.21. The summed E-state index contributed by atoms with van der Waals surface area (Å²) >= 11 is 0. The molecule has 0 aromatic heterocycles. The third-order valence-corrected chi connectivity index (χ3v) is 5.71. The molecule has 2 heterocycles. The van der Waals surface area contributed by atoms with Gasteiger partial charge in [-0.15, -0.1) is 0 Å². The van der Waals surface area contributed by atoms with E-state index in [0.29, 0.717) is 19.4 Å². The lowest BCUT2D eigenvalue weighted by molar-refractivity contribution is -0.192. The number of imide groups is 1. The van der Waals surface area contributed by atoms with Gasteiger partial charge in [-0.3, -0.25) is 14.5 Å². The third kappa shape index (κ3) is 5.41. The maximum atomic E-state index is 12.5. The van der Waals surface area contributed by atoms with Crippen LogP contribution in [0.1, 0.15) is 51.4 Å². The number of carbonyl (C=O) groups excluding carboxylic acids is 3. The minimum absolute atomic E-state index is 0.00637. The molecule has 1 aliphatic carbocycles. The van der Waals surface area contributed by atoms with Crippen LogP contribution in [0.15, 0.2) is 0 Å². The van der Waals surface area contributed by atoms with Crippen molar-refractivity contribution < 1.29 is 37.5 Å². The molecule has 3 rings (SSSR count). The van der Waals surface area contributed by atoms with Crippen molar-refractivity contribution >= 4 is 23.8 Å². The number of hydrogen-bond donors (Lipinski definition) is 3. The maximum absolute atomic E-state index is 12.5. The average molecular weight is 436 g/mol. The number of likely N-dealkylation sites (tertiary alicyclic amines) is 1. The summed E-state index contributed by atoms with van der Waals surface area (Å²) in [5.74, 6) is -2.91. The molecule has 2 saturated heterocycles. The summed E-state index contributed by atoms with van der Waals surface area (Å²) in [6, 6.07) is -0.251. The molecule has 1 atom stereocenters. The Bertz CT molecular complexity index is 679. The van der Waals surface area contributed by atoms with E-state index >= 15 is 0 Å². The first-order valence-corrected chi connectivity index (χ1v) is 9.95. The average Bonchev–Trinajstić information content (AvgIpc) is 3.25. The van der Waals surface area contributed by atoms with Gasteiger partial charge in [0.05, 0.1) is 0 Å². The SMILES string of the molecule is NC[C@H]1CCCCN1C(=O)CCN1C(=O)NC2(CCCC2)C1=O.O=C(O)C(F)(F)F. The molecule has 30 heavy (non-hydrogen) atoms. The van der Waals surface area contributed by atoms with E-state index < -0.39 is 17.7 Å². The molecular weight excluding hydrogens is 409 g/mol. The van der Waals surface area contributed by atoms with Crippen molar-refractivity contribution in [3.8, 4) is 0 Å². The van der Waals surface area contributed by atoms with Crippen molar-refractivity contribution in [3.05, 3.63) is 0 Å². The van der Waals surface area contributed by atoms with Crippen LogP contribution in [0.25, 0.3) is 0 Å². The number of nitrogens with two attached hydrogens (primary N) is 1. The van der Waals surface area contributed by atoms with E-state index in [2.05, 4.69) is 5.32 Å². The lowest BCUT2D eigenvalue weighted by Gasteiger charge is -2.35. The topological polar surface area (TPSA) is 133 Å². The lowest BCUT2D eigenvalue weighted by Crippen LogP contribution is -2.48. The summed E-state index contributed by atoms with van der Waals surface area (Å²) in [6.45, 7) is 1.36. The van der Waals surface area contributed by atoms with Gasteiger partial charge in [0.15, 0.2) is 0 Å². The first-order valence-electron chi connectivity index (χ1n) is 9.95. The van der Waals surface area contributed by atoms with Crippen LogP contribution in [-0.4, -0.2) is 76.1 Å². The molecule has 3 fully saturated rings. The summed E-state index contributed by atoms with van der Waals surface area (Å²) in [6.07, 6.45) is 1.48. The van der Waals surface area contributed by atoms with Gasteiger partial charge in [-0.1, -0.05) is 12.8 Å². The zero-order chi connectivity index (χ0) is 22.5. The number of halogens is 3. The number of hydrogen-bond acceptors (Lipinski definition) is 5. The second-order valence-corrected chi connectivity index (χ2v) is 7.70. The minimum atomic E-state index is -5.08. The van der Waals surface area contributed by atoms with Crippen molar-refractivity contribution in [2.24, 2.45) is 5.73 Å². The molecule has 0 aromatic rings. The molecule has 0 unspecified atom stereocenters. The number of nitrogens with zero attached hydrogens (tertiary/aromatic N) is 2. The zero-order valence-electron chi connectivity index (χ0n) is 16.5. The lowest BCUT2D eigenvalue weighted by atomic mass is 9.98. The number of alkyl halides is 3. The number of piperidine rings is 1. The van der Waals surface area contributed by atoms with E-state index in [4.69, 9.17) is 15.6 Å². The highest BCUT2D eigenvalue weighted by Crippen LogP contribution is 2.35. The van der Waals surface area contributed by atoms with Crippen LogP contribution < -0.4 is 11.1 Å². The van der Waals surface area contributed by atoms with Crippen molar-refractivity contribution in [1.29, 1.82) is 0 Å². The third-order valence-electron chi connectivity index (χ3n) is 5.71. The van der Waals surface area contributed by atoms with Crippen molar-refractivity contribution in [1.82, 2.24) is 15.1 Å². The molecule has 12 heteroatoms. The van der Waals surface area contributed by atoms with Crippen molar-refractivity contribution in [2.45, 2.75) is 69.1 Å². The Hall–Kier alpha value is -2.37. The zero-order valence-corrected chi connectivity index (χ0v) is 16.5. The number of carbonyl (C=O) groups is 4. The Balaban J connectivity index is 0.000000396. The fourth-order valence-corrected chi connectivity index (χ4v) is 4.12. The molecule has 0 radical (unpaired) electrons. The summed E-state index contributed by atoms with van der Waals surface area (Å²) in [5, 5.41) is 9.97. The molecule has 9 nitrogen and oxygen atoms in total. The summed E-state index contributed by atoms with van der Waals surface area (Å²) in [5.41, 5.74) is 5.06. The number of carboxylic acid groups (broad SMARTS) is 1. The highest BCUT2D eigenvalue weighted by molar-refractivity contribution is 6.07. The van der Waals surface area contributed by atoms with Crippen LogP contribution in [0.3, 0.4) is 0 Å². The van der Waals surface area contributed by atoms with Crippen LogP contribution >= 0.6 is 0 Å². The highest BCUT2D eigenvalue weighted by atomic mass is 19.4. The first kappa shape index (κ1) is 23.9. The standard InChI is InChI=1S/C16H26N4O3.C2HF3O2/c17-11-12-5-1-4-9-19(12)13(21)6-10-20-14(22)16(18-15(20)23)7-2-3-8-16;3-2(4,5)1(6)7/h12H,1-11,17H2,(H,18,23);(H,6,7)/t12-;/m1./s1. The van der Waals surface area contributed by atoms with E-state index in [9.17, 15) is 27.6 Å². The Morgan fingerprint density at radius 3 is 2.30 bits per heavy atom. The van der Waals surface area contributed by atoms with E-state index in [0.717, 1.165) is 38.6 Å². The number of nitrogens with one attached hydrogen (secondary N) is 1. The normalized spacial score (nSPS) is 23.3. The fraction of sp³-hybridized carbons (Fsp3) is 0.778. The Morgan fingerprint density at radius 2 is 1.77 bits per heavy atom. The van der Waals surface area contributed by atoms with E-state index in [-0.39, 0.29) is 36.9 Å². The van der Waals surface area contributed by atoms with Crippen LogP contribution in [0.2, 0.25) is 0 Å².